The van der Waals surface area contributed by atoms with E-state index in [0.29, 0.717) is 25.2 Å². The van der Waals surface area contributed by atoms with Crippen molar-refractivity contribution in [2.75, 3.05) is 13.7 Å². The highest BCUT2D eigenvalue weighted by molar-refractivity contribution is 5.90. The number of fused-ring (bicyclic) bond motifs is 2. The van der Waals surface area contributed by atoms with E-state index in [1.54, 1.807) is 0 Å². The fourth-order valence-electron chi connectivity index (χ4n) is 7.25. The Morgan fingerprint density at radius 3 is 2.48 bits per heavy atom. The summed E-state index contributed by atoms with van der Waals surface area (Å²) in [4.78, 5) is 14.0. The Hall–Kier alpha value is -1.49. The first kappa shape index (κ1) is 20.8. The van der Waals surface area contributed by atoms with Crippen LogP contribution in [0.25, 0.3) is 0 Å². The number of ether oxygens (including phenoxy) is 1. The van der Waals surface area contributed by atoms with Crippen LogP contribution in [-0.4, -0.2) is 35.5 Å². The Bertz CT molecular complexity index is 783. The highest BCUT2D eigenvalue weighted by atomic mass is 16.6. The monoisotopic (exact) mass is 398 g/mol. The van der Waals surface area contributed by atoms with Crippen LogP contribution in [0.4, 0.5) is 0 Å². The van der Waals surface area contributed by atoms with E-state index < -0.39 is 22.5 Å². The SMILES string of the molecule is C=C1C2C(CO)CC(C(=O)CCc3ccccc3)(C2(O)OC)C1(C)C1CCCC1. The predicted octanol–water partition coefficient (Wildman–Crippen LogP) is 3.90. The van der Waals surface area contributed by atoms with Gasteiger partial charge in [0.15, 0.2) is 5.79 Å². The molecule has 3 aliphatic carbocycles. The maximum atomic E-state index is 14.0. The van der Waals surface area contributed by atoms with Crippen molar-refractivity contribution >= 4 is 5.78 Å². The van der Waals surface area contributed by atoms with Crippen molar-refractivity contribution < 1.29 is 19.7 Å². The highest BCUT2D eigenvalue weighted by Gasteiger charge is 2.81. The molecule has 4 heteroatoms. The first-order chi connectivity index (χ1) is 13.9. The highest BCUT2D eigenvalue weighted by Crippen LogP contribution is 2.76. The summed E-state index contributed by atoms with van der Waals surface area (Å²) in [7, 11) is 1.50. The maximum absolute atomic E-state index is 14.0. The molecule has 0 aromatic heterocycles. The summed E-state index contributed by atoms with van der Waals surface area (Å²) < 4.78 is 5.78. The van der Waals surface area contributed by atoms with E-state index in [1.165, 1.54) is 7.11 Å². The van der Waals surface area contributed by atoms with Gasteiger partial charge in [-0.15, -0.1) is 0 Å². The van der Waals surface area contributed by atoms with Crippen molar-refractivity contribution in [3.63, 3.8) is 0 Å². The third-order valence-corrected chi connectivity index (χ3v) is 8.68. The van der Waals surface area contributed by atoms with Crippen LogP contribution in [0, 0.1) is 28.6 Å². The molecule has 4 rings (SSSR count). The molecule has 29 heavy (non-hydrogen) atoms. The van der Waals surface area contributed by atoms with Gasteiger partial charge in [-0.1, -0.05) is 62.2 Å². The summed E-state index contributed by atoms with van der Waals surface area (Å²) in [5, 5.41) is 21.9. The fraction of sp³-hybridized carbons (Fsp3) is 0.640. The van der Waals surface area contributed by atoms with Crippen LogP contribution in [0.1, 0.15) is 51.0 Å². The molecule has 0 radical (unpaired) electrons. The predicted molar refractivity (Wildman–Crippen MR) is 112 cm³/mol. The summed E-state index contributed by atoms with van der Waals surface area (Å²) in [6.45, 7) is 6.50. The number of Topliss-reactive ketones (excluding diaryl/α,β-unsaturated/α-hetero) is 1. The average Bonchev–Trinajstić information content (AvgIpc) is 3.40. The van der Waals surface area contributed by atoms with Crippen molar-refractivity contribution in [3.8, 4) is 0 Å². The van der Waals surface area contributed by atoms with Gasteiger partial charge in [0.2, 0.25) is 0 Å². The minimum absolute atomic E-state index is 0.0553. The number of aliphatic hydroxyl groups is 2. The number of hydrogen-bond donors (Lipinski definition) is 2. The molecule has 1 aromatic rings. The summed E-state index contributed by atoms with van der Waals surface area (Å²) in [6.07, 6.45) is 5.89. The summed E-state index contributed by atoms with van der Waals surface area (Å²) >= 11 is 0. The van der Waals surface area contributed by atoms with Gasteiger partial charge in [0.05, 0.1) is 5.41 Å². The number of carbonyl (C=O) groups is 1. The van der Waals surface area contributed by atoms with Gasteiger partial charge in [-0.2, -0.15) is 0 Å². The molecule has 3 saturated carbocycles. The van der Waals surface area contributed by atoms with Gasteiger partial charge in [-0.3, -0.25) is 4.79 Å². The Balaban J connectivity index is 1.77. The van der Waals surface area contributed by atoms with Crippen molar-refractivity contribution in [3.05, 3.63) is 48.0 Å². The second-order valence-corrected chi connectivity index (χ2v) is 9.55. The van der Waals surface area contributed by atoms with Gasteiger partial charge in [0.25, 0.3) is 0 Å². The molecule has 0 saturated heterocycles. The lowest BCUT2D eigenvalue weighted by Crippen LogP contribution is -2.57. The van der Waals surface area contributed by atoms with Crippen molar-refractivity contribution in [2.24, 2.45) is 28.6 Å². The molecule has 0 amide bonds. The van der Waals surface area contributed by atoms with Crippen LogP contribution >= 0.6 is 0 Å². The van der Waals surface area contributed by atoms with Gasteiger partial charge >= 0.3 is 0 Å². The average molecular weight is 399 g/mol. The van der Waals surface area contributed by atoms with Crippen LogP contribution in [0.5, 0.6) is 0 Å². The van der Waals surface area contributed by atoms with Gasteiger partial charge < -0.3 is 14.9 Å². The van der Waals surface area contributed by atoms with Gasteiger partial charge in [-0.25, -0.2) is 0 Å². The van der Waals surface area contributed by atoms with Gasteiger partial charge in [-0.05, 0) is 43.1 Å². The molecule has 158 valence electrons. The van der Waals surface area contributed by atoms with Gasteiger partial charge in [0, 0.05) is 31.5 Å². The van der Waals surface area contributed by atoms with E-state index in [9.17, 15) is 15.0 Å². The Labute approximate surface area is 174 Å². The largest absolute Gasteiger partial charge is 0.396 e. The van der Waals surface area contributed by atoms with Gasteiger partial charge in [0.1, 0.15) is 5.78 Å². The van der Waals surface area contributed by atoms with Crippen LogP contribution in [0.15, 0.2) is 42.5 Å². The molecule has 1 aromatic carbocycles. The molecule has 2 bridgehead atoms. The molecular weight excluding hydrogens is 364 g/mol. The molecule has 3 fully saturated rings. The molecule has 2 N–H and O–H groups in total. The van der Waals surface area contributed by atoms with E-state index >= 15 is 0 Å². The summed E-state index contributed by atoms with van der Waals surface area (Å²) in [6, 6.07) is 10.0. The quantitative estimate of drug-likeness (QED) is 0.540. The van der Waals surface area contributed by atoms with Crippen LogP contribution in [0.2, 0.25) is 0 Å². The molecule has 5 atom stereocenters. The van der Waals surface area contributed by atoms with E-state index in [1.807, 2.05) is 30.3 Å². The maximum Gasteiger partial charge on any atom is 0.185 e. The molecule has 3 aliphatic rings. The van der Waals surface area contributed by atoms with Crippen LogP contribution < -0.4 is 0 Å². The first-order valence-electron chi connectivity index (χ1n) is 11.0. The van der Waals surface area contributed by atoms with Crippen LogP contribution in [-0.2, 0) is 16.0 Å². The number of aliphatic hydroxyl groups excluding tert-OH is 1. The third kappa shape index (κ3) is 2.58. The van der Waals surface area contributed by atoms with Crippen LogP contribution in [0.3, 0.4) is 0 Å². The molecule has 0 spiro atoms. The van der Waals surface area contributed by atoms with E-state index in [2.05, 4.69) is 13.5 Å². The number of hydrogen-bond acceptors (Lipinski definition) is 4. The summed E-state index contributed by atoms with van der Waals surface area (Å²) in [5.41, 5.74) is 0.476. The second kappa shape index (κ2) is 7.33. The lowest BCUT2D eigenvalue weighted by atomic mass is 9.52. The zero-order chi connectivity index (χ0) is 20.9. The number of aryl methyl sites for hydroxylation is 1. The molecule has 0 aliphatic heterocycles. The third-order valence-electron chi connectivity index (χ3n) is 8.68. The second-order valence-electron chi connectivity index (χ2n) is 9.55. The van der Waals surface area contributed by atoms with Crippen molar-refractivity contribution in [2.45, 2.75) is 57.7 Å². The summed E-state index contributed by atoms with van der Waals surface area (Å²) in [5.74, 6) is -1.81. The molecule has 4 nitrogen and oxygen atoms in total. The number of methoxy groups -OCH3 is 1. The van der Waals surface area contributed by atoms with Crippen molar-refractivity contribution in [1.82, 2.24) is 0 Å². The number of rotatable bonds is 7. The van der Waals surface area contributed by atoms with Crippen molar-refractivity contribution in [1.29, 1.82) is 0 Å². The van der Waals surface area contributed by atoms with E-state index in [4.69, 9.17) is 4.74 Å². The number of carbonyl (C=O) groups excluding carboxylic acids is 1. The Morgan fingerprint density at radius 2 is 1.90 bits per heavy atom. The first-order valence-corrected chi connectivity index (χ1v) is 11.0. The number of benzene rings is 1. The standard InChI is InChI=1S/C25H34O4/c1-17-22-19(16-26)15-24(25(22,28)29-3,23(17,2)20-11-7-8-12-20)21(27)14-13-18-9-5-4-6-10-18/h4-6,9-10,19-20,22,26,28H,1,7-8,11-16H2,2-3H3. The molecular formula is C25H34O4. The van der Waals surface area contributed by atoms with E-state index in [0.717, 1.165) is 36.8 Å². The zero-order valence-electron chi connectivity index (χ0n) is 17.7. The molecule has 5 unspecified atom stereocenters. The fourth-order valence-corrected chi connectivity index (χ4v) is 7.25. The lowest BCUT2D eigenvalue weighted by Gasteiger charge is -2.51. The normalized spacial score (nSPS) is 39.4. The Kier molecular flexibility index (Phi) is 5.25. The minimum Gasteiger partial charge on any atom is -0.396 e. The Morgan fingerprint density at radius 1 is 1.24 bits per heavy atom. The number of ketones is 1. The van der Waals surface area contributed by atoms with E-state index in [-0.39, 0.29) is 18.3 Å². The smallest absolute Gasteiger partial charge is 0.185 e. The minimum atomic E-state index is -1.59. The zero-order valence-corrected chi connectivity index (χ0v) is 17.7. The lowest BCUT2D eigenvalue weighted by molar-refractivity contribution is -0.258. The molecule has 0 heterocycles. The topological polar surface area (TPSA) is 66.8 Å².